The van der Waals surface area contributed by atoms with Gasteiger partial charge in [-0.05, 0) is 30.4 Å². The molecule has 0 saturated heterocycles. The maximum Gasteiger partial charge on any atom is 0.224 e. The molecule has 0 amide bonds. The minimum Gasteiger partial charge on any atom is -0.364 e. The van der Waals surface area contributed by atoms with Crippen molar-refractivity contribution in [2.24, 2.45) is 0 Å². The number of thiophene rings is 1. The van der Waals surface area contributed by atoms with Gasteiger partial charge >= 0.3 is 0 Å². The first-order valence-electron chi connectivity index (χ1n) is 6.24. The molecule has 2 heterocycles. The van der Waals surface area contributed by atoms with Crippen LogP contribution in [-0.4, -0.2) is 16.5 Å². The highest BCUT2D eigenvalue weighted by atomic mass is 35.5. The van der Waals surface area contributed by atoms with Gasteiger partial charge < -0.3 is 10.6 Å². The van der Waals surface area contributed by atoms with Crippen LogP contribution in [0.5, 0.6) is 0 Å². The van der Waals surface area contributed by atoms with Gasteiger partial charge in [-0.25, -0.2) is 4.98 Å². The fraction of sp³-hybridized carbons (Fsp3) is 0.385. The van der Waals surface area contributed by atoms with Crippen LogP contribution in [0.25, 0.3) is 0 Å². The summed E-state index contributed by atoms with van der Waals surface area (Å²) >= 11 is 7.83. The van der Waals surface area contributed by atoms with Gasteiger partial charge in [0.1, 0.15) is 5.02 Å². The normalized spacial score (nSPS) is 10.5. The van der Waals surface area contributed by atoms with Crippen LogP contribution in [-0.2, 0) is 6.54 Å². The highest BCUT2D eigenvalue weighted by Gasteiger charge is 2.06. The Morgan fingerprint density at radius 1 is 1.37 bits per heavy atom. The van der Waals surface area contributed by atoms with E-state index < -0.39 is 0 Å². The second kappa shape index (κ2) is 6.73. The lowest BCUT2D eigenvalue weighted by molar-refractivity contribution is 0.950. The van der Waals surface area contributed by atoms with Crippen molar-refractivity contribution >= 4 is 34.7 Å². The molecule has 4 nitrogen and oxygen atoms in total. The number of anilines is 2. The standard InChI is InChI=1S/C13H17ClN4S/c1-3-5-15-13-17-7-10(14)12(18-13)16-8-11-9(2)4-6-19-11/h4,6-7H,3,5,8H2,1-2H3,(H2,15,16,17,18). The first kappa shape index (κ1) is 14.1. The van der Waals surface area contributed by atoms with Gasteiger partial charge in [-0.2, -0.15) is 4.98 Å². The van der Waals surface area contributed by atoms with E-state index in [1.165, 1.54) is 10.4 Å². The second-order valence-corrected chi connectivity index (χ2v) is 5.61. The molecule has 2 rings (SSSR count). The summed E-state index contributed by atoms with van der Waals surface area (Å²) in [5.41, 5.74) is 1.28. The number of hydrogen-bond donors (Lipinski definition) is 2. The Hall–Kier alpha value is -1.33. The van der Waals surface area contributed by atoms with Gasteiger partial charge in [0.05, 0.1) is 12.7 Å². The zero-order valence-corrected chi connectivity index (χ0v) is 12.6. The smallest absolute Gasteiger partial charge is 0.224 e. The second-order valence-electron chi connectivity index (χ2n) is 4.20. The van der Waals surface area contributed by atoms with Gasteiger partial charge in [0.2, 0.25) is 5.95 Å². The van der Waals surface area contributed by atoms with Gasteiger partial charge in [-0.1, -0.05) is 18.5 Å². The van der Waals surface area contributed by atoms with Gasteiger partial charge in [-0.3, -0.25) is 0 Å². The summed E-state index contributed by atoms with van der Waals surface area (Å²) in [7, 11) is 0. The van der Waals surface area contributed by atoms with Crippen LogP contribution >= 0.6 is 22.9 Å². The van der Waals surface area contributed by atoms with E-state index in [4.69, 9.17) is 11.6 Å². The first-order chi connectivity index (χ1) is 9.20. The summed E-state index contributed by atoms with van der Waals surface area (Å²) in [5.74, 6) is 1.28. The Morgan fingerprint density at radius 3 is 2.89 bits per heavy atom. The monoisotopic (exact) mass is 296 g/mol. The van der Waals surface area contributed by atoms with Crippen LogP contribution in [0.4, 0.5) is 11.8 Å². The number of aromatic nitrogens is 2. The zero-order chi connectivity index (χ0) is 13.7. The molecule has 0 atom stereocenters. The lowest BCUT2D eigenvalue weighted by atomic mass is 10.3. The molecule has 19 heavy (non-hydrogen) atoms. The highest BCUT2D eigenvalue weighted by Crippen LogP contribution is 2.22. The molecule has 0 aliphatic carbocycles. The lowest BCUT2D eigenvalue weighted by Gasteiger charge is -2.09. The third-order valence-corrected chi connectivity index (χ3v) is 3.96. The van der Waals surface area contributed by atoms with Crippen molar-refractivity contribution in [3.8, 4) is 0 Å². The summed E-state index contributed by atoms with van der Waals surface area (Å²) in [6.07, 6.45) is 2.65. The molecule has 2 aromatic rings. The third-order valence-electron chi connectivity index (χ3n) is 2.66. The number of nitrogens with one attached hydrogen (secondary N) is 2. The van der Waals surface area contributed by atoms with E-state index in [2.05, 4.69) is 45.9 Å². The van der Waals surface area contributed by atoms with Crippen LogP contribution in [0.1, 0.15) is 23.8 Å². The fourth-order valence-electron chi connectivity index (χ4n) is 1.56. The van der Waals surface area contributed by atoms with E-state index in [1.807, 2.05) is 0 Å². The number of nitrogens with zero attached hydrogens (tertiary/aromatic N) is 2. The molecule has 0 saturated carbocycles. The van der Waals surface area contributed by atoms with Crippen molar-refractivity contribution in [2.75, 3.05) is 17.2 Å². The Kier molecular flexibility index (Phi) is 4.99. The van der Waals surface area contributed by atoms with Crippen molar-refractivity contribution in [1.29, 1.82) is 0 Å². The topological polar surface area (TPSA) is 49.8 Å². The minimum atomic E-state index is 0.538. The molecule has 6 heteroatoms. The number of halogens is 1. The highest BCUT2D eigenvalue weighted by molar-refractivity contribution is 7.10. The molecule has 0 bridgehead atoms. The Morgan fingerprint density at radius 2 is 2.21 bits per heavy atom. The average Bonchev–Trinajstić information content (AvgIpc) is 2.82. The van der Waals surface area contributed by atoms with Crippen molar-refractivity contribution < 1.29 is 0 Å². The minimum absolute atomic E-state index is 0.538. The van der Waals surface area contributed by atoms with E-state index in [-0.39, 0.29) is 0 Å². The quantitative estimate of drug-likeness (QED) is 0.848. The summed E-state index contributed by atoms with van der Waals surface area (Å²) in [6, 6.07) is 2.11. The lowest BCUT2D eigenvalue weighted by Crippen LogP contribution is -2.07. The predicted molar refractivity (Wildman–Crippen MR) is 82.2 cm³/mol. The van der Waals surface area contributed by atoms with E-state index in [0.717, 1.165) is 19.5 Å². The molecule has 102 valence electrons. The Balaban J connectivity index is 2.04. The molecule has 0 radical (unpaired) electrons. The summed E-state index contributed by atoms with van der Waals surface area (Å²) in [4.78, 5) is 9.82. The van der Waals surface area contributed by atoms with E-state index >= 15 is 0 Å². The van der Waals surface area contributed by atoms with Crippen LogP contribution in [0.2, 0.25) is 5.02 Å². The molecular formula is C13H17ClN4S. The Bertz CT molecular complexity index is 541. The molecule has 0 spiro atoms. The molecule has 2 aromatic heterocycles. The SMILES string of the molecule is CCCNc1ncc(Cl)c(NCc2sccc2C)n1. The van der Waals surface area contributed by atoms with Gasteiger partial charge in [-0.15, -0.1) is 11.3 Å². The van der Waals surface area contributed by atoms with Crippen molar-refractivity contribution in [1.82, 2.24) is 9.97 Å². The molecule has 0 aliphatic rings. The van der Waals surface area contributed by atoms with E-state index in [0.29, 0.717) is 16.8 Å². The van der Waals surface area contributed by atoms with Crippen molar-refractivity contribution in [3.63, 3.8) is 0 Å². The molecule has 0 fully saturated rings. The summed E-state index contributed by atoms with van der Waals surface area (Å²) < 4.78 is 0. The molecular weight excluding hydrogens is 280 g/mol. The maximum absolute atomic E-state index is 6.10. The third kappa shape index (κ3) is 3.81. The fourth-order valence-corrected chi connectivity index (χ4v) is 2.57. The number of hydrogen-bond acceptors (Lipinski definition) is 5. The Labute approximate surface area is 122 Å². The number of rotatable bonds is 6. The van der Waals surface area contributed by atoms with E-state index in [1.54, 1.807) is 17.5 Å². The van der Waals surface area contributed by atoms with Crippen LogP contribution < -0.4 is 10.6 Å². The van der Waals surface area contributed by atoms with Crippen molar-refractivity contribution in [3.05, 3.63) is 33.1 Å². The van der Waals surface area contributed by atoms with Gasteiger partial charge in [0.25, 0.3) is 0 Å². The zero-order valence-electron chi connectivity index (χ0n) is 11.0. The maximum atomic E-state index is 6.10. The predicted octanol–water partition coefficient (Wildman–Crippen LogP) is 3.93. The molecule has 0 unspecified atom stereocenters. The first-order valence-corrected chi connectivity index (χ1v) is 7.49. The van der Waals surface area contributed by atoms with Crippen LogP contribution in [0, 0.1) is 6.92 Å². The van der Waals surface area contributed by atoms with E-state index in [9.17, 15) is 0 Å². The number of aryl methyl sites for hydroxylation is 1. The molecule has 2 N–H and O–H groups in total. The molecule has 0 aliphatic heterocycles. The van der Waals surface area contributed by atoms with Crippen LogP contribution in [0.3, 0.4) is 0 Å². The average molecular weight is 297 g/mol. The van der Waals surface area contributed by atoms with Crippen LogP contribution in [0.15, 0.2) is 17.6 Å². The summed E-state index contributed by atoms with van der Waals surface area (Å²) in [5, 5.41) is 9.03. The largest absolute Gasteiger partial charge is 0.364 e. The van der Waals surface area contributed by atoms with Gasteiger partial charge in [0, 0.05) is 11.4 Å². The van der Waals surface area contributed by atoms with Crippen molar-refractivity contribution in [2.45, 2.75) is 26.8 Å². The summed E-state index contributed by atoms with van der Waals surface area (Å²) in [6.45, 7) is 5.78. The molecule has 0 aromatic carbocycles. The van der Waals surface area contributed by atoms with Gasteiger partial charge in [0.15, 0.2) is 5.82 Å².